The molecule has 1 saturated heterocycles. The van der Waals surface area contributed by atoms with E-state index in [9.17, 15) is 9.90 Å². The number of amides is 1. The number of methoxy groups -OCH3 is 1. The maximum atomic E-state index is 12.6. The van der Waals surface area contributed by atoms with Crippen molar-refractivity contribution < 1.29 is 14.6 Å². The van der Waals surface area contributed by atoms with E-state index in [1.807, 2.05) is 42.5 Å². The fourth-order valence-electron chi connectivity index (χ4n) is 3.20. The second-order valence-electron chi connectivity index (χ2n) is 6.46. The second-order valence-corrected chi connectivity index (χ2v) is 6.46. The topological polar surface area (TPSA) is 82.6 Å². The summed E-state index contributed by atoms with van der Waals surface area (Å²) in [6.45, 7) is 1.53. The van der Waals surface area contributed by atoms with Gasteiger partial charge in [-0.15, -0.1) is 0 Å². The molecule has 3 rings (SSSR count). The Labute approximate surface area is 153 Å². The molecule has 1 aliphatic rings. The normalized spacial score (nSPS) is 15.6. The third-order valence-electron chi connectivity index (χ3n) is 4.64. The molecule has 1 aliphatic heterocycles. The van der Waals surface area contributed by atoms with Crippen LogP contribution in [-0.4, -0.2) is 43.9 Å². The van der Waals surface area contributed by atoms with E-state index in [1.165, 1.54) is 0 Å². The highest BCUT2D eigenvalue weighted by molar-refractivity contribution is 5.95. The van der Waals surface area contributed by atoms with Crippen LogP contribution >= 0.6 is 0 Å². The molecule has 0 saturated carbocycles. The first-order valence-corrected chi connectivity index (χ1v) is 8.80. The van der Waals surface area contributed by atoms with E-state index < -0.39 is 0 Å². The summed E-state index contributed by atoms with van der Waals surface area (Å²) < 4.78 is 5.49. The van der Waals surface area contributed by atoms with Crippen LogP contribution in [0.3, 0.4) is 0 Å². The van der Waals surface area contributed by atoms with E-state index in [1.54, 1.807) is 13.2 Å². The van der Waals surface area contributed by atoms with Gasteiger partial charge in [0.2, 0.25) is 0 Å². The molecule has 4 N–H and O–H groups in total. The molecule has 1 heterocycles. The molecule has 0 aliphatic carbocycles. The lowest BCUT2D eigenvalue weighted by atomic mass is 9.97. The molecule has 0 radical (unpaired) electrons. The lowest BCUT2D eigenvalue weighted by Crippen LogP contribution is -2.39. The molecule has 26 heavy (non-hydrogen) atoms. The average molecular weight is 355 g/mol. The number of nitrogens with one attached hydrogen (secondary N) is 3. The van der Waals surface area contributed by atoms with Crippen LogP contribution in [-0.2, 0) is 6.42 Å². The Hall–Kier alpha value is -2.41. The number of carbonyl (C=O) groups excluding carboxylic acids is 1. The zero-order chi connectivity index (χ0) is 18.4. The number of aliphatic hydroxyl groups excluding tert-OH is 1. The fraction of sp³-hybridized carbons (Fsp3) is 0.350. The zero-order valence-electron chi connectivity index (χ0n) is 14.9. The lowest BCUT2D eigenvalue weighted by molar-refractivity contribution is 0.0916. The van der Waals surface area contributed by atoms with Gasteiger partial charge in [0.05, 0.1) is 19.8 Å². The van der Waals surface area contributed by atoms with Gasteiger partial charge >= 0.3 is 0 Å². The van der Waals surface area contributed by atoms with Gasteiger partial charge in [0, 0.05) is 24.6 Å². The van der Waals surface area contributed by atoms with Crippen LogP contribution < -0.4 is 20.9 Å². The minimum absolute atomic E-state index is 0.116. The van der Waals surface area contributed by atoms with Gasteiger partial charge in [-0.2, -0.15) is 0 Å². The maximum Gasteiger partial charge on any atom is 0.251 e. The summed E-state index contributed by atoms with van der Waals surface area (Å²) in [5.41, 5.74) is 8.88. The molecule has 138 valence electrons. The standard InChI is InChI=1S/C20H25N3O3/c1-26-19-10-15(7-8-18(19)16-11-21-22-12-16)20(25)23-17(13-24)9-14-5-3-2-4-6-14/h2-8,10,16-17,21-22,24H,9,11-13H2,1H3,(H,23,25)/t17-/m0/s1. The largest absolute Gasteiger partial charge is 0.496 e. The third-order valence-corrected chi connectivity index (χ3v) is 4.64. The summed E-state index contributed by atoms with van der Waals surface area (Å²) >= 11 is 0. The molecule has 1 amide bonds. The Bertz CT molecular complexity index is 730. The molecule has 0 aromatic heterocycles. The van der Waals surface area contributed by atoms with Crippen molar-refractivity contribution in [2.75, 3.05) is 26.8 Å². The molecule has 6 nitrogen and oxygen atoms in total. The zero-order valence-corrected chi connectivity index (χ0v) is 14.9. The Morgan fingerprint density at radius 1 is 1.23 bits per heavy atom. The molecule has 1 fully saturated rings. The number of hydrazine groups is 1. The summed E-state index contributed by atoms with van der Waals surface area (Å²) in [6.07, 6.45) is 0.581. The van der Waals surface area contributed by atoms with Gasteiger partial charge in [0.1, 0.15) is 5.75 Å². The van der Waals surface area contributed by atoms with Crippen molar-refractivity contribution in [3.8, 4) is 5.75 Å². The van der Waals surface area contributed by atoms with Gasteiger partial charge in [0.25, 0.3) is 5.91 Å². The van der Waals surface area contributed by atoms with E-state index in [4.69, 9.17) is 4.74 Å². The minimum Gasteiger partial charge on any atom is -0.496 e. The van der Waals surface area contributed by atoms with E-state index >= 15 is 0 Å². The predicted octanol–water partition coefficient (Wildman–Crippen LogP) is 1.22. The molecule has 1 atom stereocenters. The number of aliphatic hydroxyl groups is 1. The third kappa shape index (κ3) is 4.40. The summed E-state index contributed by atoms with van der Waals surface area (Å²) in [5, 5.41) is 12.5. The number of ether oxygens (including phenoxy) is 1. The predicted molar refractivity (Wildman–Crippen MR) is 100 cm³/mol. The van der Waals surface area contributed by atoms with Crippen molar-refractivity contribution in [2.45, 2.75) is 18.4 Å². The van der Waals surface area contributed by atoms with Crippen LogP contribution in [0, 0.1) is 0 Å². The average Bonchev–Trinajstić information content (AvgIpc) is 3.22. The monoisotopic (exact) mass is 355 g/mol. The Morgan fingerprint density at radius 2 is 1.96 bits per heavy atom. The number of carbonyl (C=O) groups is 1. The minimum atomic E-state index is -0.334. The second kappa shape index (κ2) is 8.80. The molecule has 2 aromatic carbocycles. The first kappa shape index (κ1) is 18.4. The summed E-state index contributed by atoms with van der Waals surface area (Å²) in [5.74, 6) is 0.801. The highest BCUT2D eigenvalue weighted by Gasteiger charge is 2.22. The first-order chi connectivity index (χ1) is 12.7. The van der Waals surface area contributed by atoms with E-state index in [-0.39, 0.29) is 18.6 Å². The van der Waals surface area contributed by atoms with Crippen molar-refractivity contribution in [1.29, 1.82) is 0 Å². The van der Waals surface area contributed by atoms with Crippen molar-refractivity contribution in [3.63, 3.8) is 0 Å². The van der Waals surface area contributed by atoms with Crippen LogP contribution in [0.5, 0.6) is 5.75 Å². The van der Waals surface area contributed by atoms with Gasteiger partial charge in [-0.25, -0.2) is 0 Å². The molecule has 0 unspecified atom stereocenters. The SMILES string of the molecule is COc1cc(C(=O)N[C@H](CO)Cc2ccccc2)ccc1C1CNNC1. The van der Waals surface area contributed by atoms with Gasteiger partial charge in [-0.3, -0.25) is 15.6 Å². The smallest absolute Gasteiger partial charge is 0.251 e. The van der Waals surface area contributed by atoms with Crippen LogP contribution in [0.1, 0.15) is 27.4 Å². The van der Waals surface area contributed by atoms with Crippen molar-refractivity contribution in [3.05, 3.63) is 65.2 Å². The quantitative estimate of drug-likeness (QED) is 0.600. The van der Waals surface area contributed by atoms with Crippen molar-refractivity contribution >= 4 is 5.91 Å². The lowest BCUT2D eigenvalue weighted by Gasteiger charge is -2.18. The Balaban J connectivity index is 1.70. The molecule has 0 spiro atoms. The number of rotatable bonds is 7. The van der Waals surface area contributed by atoms with Crippen molar-refractivity contribution in [1.82, 2.24) is 16.2 Å². The molecule has 2 aromatic rings. The number of hydrogen-bond acceptors (Lipinski definition) is 5. The van der Waals surface area contributed by atoms with E-state index in [0.29, 0.717) is 23.7 Å². The fourth-order valence-corrected chi connectivity index (χ4v) is 3.20. The van der Waals surface area contributed by atoms with Crippen LogP contribution in [0.25, 0.3) is 0 Å². The van der Waals surface area contributed by atoms with Gasteiger partial charge in [0.15, 0.2) is 0 Å². The van der Waals surface area contributed by atoms with Gasteiger partial charge in [-0.05, 0) is 29.7 Å². The van der Waals surface area contributed by atoms with E-state index in [2.05, 4.69) is 16.2 Å². The number of benzene rings is 2. The van der Waals surface area contributed by atoms with Gasteiger partial charge in [-0.1, -0.05) is 36.4 Å². The van der Waals surface area contributed by atoms with Crippen molar-refractivity contribution in [2.24, 2.45) is 0 Å². The maximum absolute atomic E-state index is 12.6. The molecular formula is C20H25N3O3. The molecular weight excluding hydrogens is 330 g/mol. The van der Waals surface area contributed by atoms with Gasteiger partial charge < -0.3 is 15.2 Å². The van der Waals surface area contributed by atoms with E-state index in [0.717, 1.165) is 24.2 Å². The Kier molecular flexibility index (Phi) is 6.22. The number of hydrogen-bond donors (Lipinski definition) is 4. The Morgan fingerprint density at radius 3 is 2.62 bits per heavy atom. The summed E-state index contributed by atoms with van der Waals surface area (Å²) in [7, 11) is 1.61. The highest BCUT2D eigenvalue weighted by Crippen LogP contribution is 2.28. The molecule has 0 bridgehead atoms. The molecule has 6 heteroatoms. The summed E-state index contributed by atoms with van der Waals surface area (Å²) in [6, 6.07) is 15.0. The summed E-state index contributed by atoms with van der Waals surface area (Å²) in [4.78, 5) is 12.6. The first-order valence-electron chi connectivity index (χ1n) is 8.80. The van der Waals surface area contributed by atoms with Crippen LogP contribution in [0.15, 0.2) is 48.5 Å². The highest BCUT2D eigenvalue weighted by atomic mass is 16.5. The van der Waals surface area contributed by atoms with Crippen LogP contribution in [0.2, 0.25) is 0 Å². The van der Waals surface area contributed by atoms with Crippen LogP contribution in [0.4, 0.5) is 0 Å².